The summed E-state index contributed by atoms with van der Waals surface area (Å²) in [6, 6.07) is 30.6. The number of aryl methyl sites for hydroxylation is 4. The van der Waals surface area contributed by atoms with E-state index in [2.05, 4.69) is 129 Å². The fraction of sp³-hybridized carbons (Fsp3) is 0.482. The minimum absolute atomic E-state index is 0.167. The fourth-order valence-electron chi connectivity index (χ4n) is 9.12. The maximum Gasteiger partial charge on any atom is 0.163 e. The number of methoxy groups -OCH3 is 2. The van der Waals surface area contributed by atoms with Crippen molar-refractivity contribution in [2.75, 3.05) is 25.7 Å². The van der Waals surface area contributed by atoms with E-state index in [1.807, 2.05) is 13.8 Å². The van der Waals surface area contributed by atoms with Crippen molar-refractivity contribution in [3.63, 3.8) is 0 Å². The summed E-state index contributed by atoms with van der Waals surface area (Å²) in [5, 5.41) is 3.66. The molecule has 1 N–H and O–H groups in total. The number of Topliss-reactive ketones (excluding diaryl/α,β-unsaturated/α-hetero) is 1. The highest BCUT2D eigenvalue weighted by atomic mass is 16.5. The van der Waals surface area contributed by atoms with Crippen molar-refractivity contribution in [3.05, 3.63) is 130 Å². The lowest BCUT2D eigenvalue weighted by Gasteiger charge is -2.40. The van der Waals surface area contributed by atoms with Crippen molar-refractivity contribution in [1.82, 2.24) is 5.32 Å². The molecule has 61 heavy (non-hydrogen) atoms. The normalized spacial score (nSPS) is 15.8. The second-order valence-corrected chi connectivity index (χ2v) is 16.9. The number of anilines is 1. The summed E-state index contributed by atoms with van der Waals surface area (Å²) in [5.74, 6) is 2.55. The number of rotatable bonds is 18. The molecule has 5 heteroatoms. The molecule has 2 aliphatic rings. The highest BCUT2D eigenvalue weighted by Crippen LogP contribution is 2.39. The number of dihydropyridines is 1. The molecule has 0 radical (unpaired) electrons. The largest absolute Gasteiger partial charge is 0.493 e. The van der Waals surface area contributed by atoms with Crippen LogP contribution in [0.2, 0.25) is 0 Å². The van der Waals surface area contributed by atoms with Gasteiger partial charge in [-0.1, -0.05) is 133 Å². The van der Waals surface area contributed by atoms with Gasteiger partial charge in [0, 0.05) is 31.0 Å². The summed E-state index contributed by atoms with van der Waals surface area (Å²) in [7, 11) is 3.48. The van der Waals surface area contributed by atoms with Crippen LogP contribution in [-0.4, -0.2) is 32.6 Å². The lowest BCUT2D eigenvalue weighted by molar-refractivity contribution is -0.115. The van der Waals surface area contributed by atoms with Crippen molar-refractivity contribution < 1.29 is 14.3 Å². The maximum absolute atomic E-state index is 9.44. The summed E-state index contributed by atoms with van der Waals surface area (Å²) >= 11 is 0. The highest BCUT2D eigenvalue weighted by Gasteiger charge is 2.28. The van der Waals surface area contributed by atoms with Gasteiger partial charge < -0.3 is 24.5 Å². The predicted octanol–water partition coefficient (Wildman–Crippen LogP) is 14.3. The first-order chi connectivity index (χ1) is 29.7. The van der Waals surface area contributed by atoms with Crippen LogP contribution in [0.3, 0.4) is 0 Å². The Bertz CT molecular complexity index is 1990. The Balaban J connectivity index is 0.00000129. The molecule has 0 bridgehead atoms. The van der Waals surface area contributed by atoms with E-state index in [0.717, 1.165) is 69.0 Å². The first-order valence-corrected chi connectivity index (χ1v) is 23.6. The molecule has 0 aromatic heterocycles. The number of carbonyl (C=O) groups excluding carboxylic acids is 1. The number of hydrogen-bond acceptors (Lipinski definition) is 5. The molecule has 4 aromatic rings. The molecule has 0 spiro atoms. The monoisotopic (exact) mass is 827 g/mol. The van der Waals surface area contributed by atoms with Crippen LogP contribution in [-0.2, 0) is 37.0 Å². The number of nitrogens with zero attached hydrogens (tertiary/aromatic N) is 1. The number of ether oxygens (including phenoxy) is 2. The lowest BCUT2D eigenvalue weighted by Crippen LogP contribution is -2.38. The van der Waals surface area contributed by atoms with Gasteiger partial charge in [-0.15, -0.1) is 0 Å². The Morgan fingerprint density at radius 2 is 1.30 bits per heavy atom. The summed E-state index contributed by atoms with van der Waals surface area (Å²) < 4.78 is 11.6. The fourth-order valence-corrected chi connectivity index (χ4v) is 9.12. The van der Waals surface area contributed by atoms with Crippen LogP contribution in [0.1, 0.15) is 147 Å². The first kappa shape index (κ1) is 48.9. The standard InChI is InChI=1S/C51H66N2O2.C3H6O.C2H6/c1-7-14-38-27-39(15-8-2)29-45(28-38)47-31-41(34-52-35-47)26-37-22-24-48(25-23-37)53(49-21-12-11-19-42(49)16-9-3)36-40-18-13-20-43(30-40)46-32-44(17-10-4)51(55-6)50(33-46)54-5;1-3(2)4;1-2/h11-13,18-21,27-33,35,37,48,52H,7-10,14-17,22-26,34,36H2,1-6H3;1-2H3;1-2H3. The molecule has 1 heterocycles. The Hall–Kier alpha value is -4.77. The second-order valence-electron chi connectivity index (χ2n) is 16.9. The molecule has 1 aliphatic carbocycles. The Morgan fingerprint density at radius 3 is 1.92 bits per heavy atom. The third kappa shape index (κ3) is 14.4. The van der Waals surface area contributed by atoms with E-state index in [-0.39, 0.29) is 5.78 Å². The molecular formula is C56H78N2O3. The zero-order chi connectivity index (χ0) is 44.1. The van der Waals surface area contributed by atoms with Crippen LogP contribution in [0.15, 0.2) is 96.7 Å². The van der Waals surface area contributed by atoms with Gasteiger partial charge in [-0.05, 0) is 152 Å². The molecular weight excluding hydrogens is 749 g/mol. The number of benzene rings is 4. The number of nitrogens with one attached hydrogen (secondary N) is 1. The molecule has 4 aromatic carbocycles. The molecule has 0 unspecified atom stereocenters. The Morgan fingerprint density at radius 1 is 0.672 bits per heavy atom. The van der Waals surface area contributed by atoms with Crippen molar-refractivity contribution in [2.24, 2.45) is 5.92 Å². The van der Waals surface area contributed by atoms with Crippen LogP contribution in [0.25, 0.3) is 16.7 Å². The van der Waals surface area contributed by atoms with Gasteiger partial charge in [-0.2, -0.15) is 0 Å². The second kappa shape index (κ2) is 25.9. The van der Waals surface area contributed by atoms with Gasteiger partial charge in [0.2, 0.25) is 0 Å². The van der Waals surface area contributed by atoms with E-state index in [9.17, 15) is 4.79 Å². The van der Waals surface area contributed by atoms with Crippen LogP contribution < -0.4 is 19.7 Å². The zero-order valence-electron chi connectivity index (χ0n) is 39.6. The third-order valence-electron chi connectivity index (χ3n) is 11.7. The van der Waals surface area contributed by atoms with Crippen molar-refractivity contribution in [2.45, 2.75) is 151 Å². The molecule has 330 valence electrons. The number of para-hydroxylation sites is 1. The summed E-state index contributed by atoms with van der Waals surface area (Å²) in [6.07, 6.45) is 19.9. The quantitative estimate of drug-likeness (QED) is 0.108. The summed E-state index contributed by atoms with van der Waals surface area (Å²) in [5.41, 5.74) is 15.1. The van der Waals surface area contributed by atoms with Gasteiger partial charge >= 0.3 is 0 Å². The topological polar surface area (TPSA) is 50.8 Å². The van der Waals surface area contributed by atoms with Crippen LogP contribution in [0, 0.1) is 5.92 Å². The van der Waals surface area contributed by atoms with Crippen molar-refractivity contribution >= 4 is 17.0 Å². The van der Waals surface area contributed by atoms with E-state index in [1.54, 1.807) is 19.8 Å². The molecule has 0 atom stereocenters. The van der Waals surface area contributed by atoms with Crippen LogP contribution >= 0.6 is 0 Å². The van der Waals surface area contributed by atoms with E-state index in [1.165, 1.54) is 115 Å². The van der Waals surface area contributed by atoms with E-state index in [0.29, 0.717) is 6.04 Å². The lowest BCUT2D eigenvalue weighted by atomic mass is 9.80. The Kier molecular flexibility index (Phi) is 20.7. The average Bonchev–Trinajstić information content (AvgIpc) is 3.27. The number of carbonyl (C=O) groups is 1. The minimum atomic E-state index is 0.167. The van der Waals surface area contributed by atoms with Gasteiger partial charge in [0.15, 0.2) is 11.5 Å². The average molecular weight is 827 g/mol. The molecule has 0 saturated heterocycles. The van der Waals surface area contributed by atoms with Crippen LogP contribution in [0.4, 0.5) is 5.69 Å². The number of ketones is 1. The SMILES string of the molecule is CC.CC(C)=O.CCCc1cc(CCC)cc(C2=CNCC(CC3CCC(N(Cc4cccc(-c5cc(CCC)c(OC)c(OC)c5)c4)c4ccccc4CCC)CC3)=C2)c1. The van der Waals surface area contributed by atoms with E-state index >= 15 is 0 Å². The van der Waals surface area contributed by atoms with Gasteiger partial charge in [-0.25, -0.2) is 0 Å². The highest BCUT2D eigenvalue weighted by molar-refractivity contribution is 5.76. The molecule has 1 aliphatic heterocycles. The Labute approximate surface area is 371 Å². The molecule has 0 amide bonds. The number of allylic oxidation sites excluding steroid dienone is 2. The van der Waals surface area contributed by atoms with E-state index < -0.39 is 0 Å². The van der Waals surface area contributed by atoms with Gasteiger partial charge in [0.25, 0.3) is 0 Å². The van der Waals surface area contributed by atoms with Gasteiger partial charge in [0.05, 0.1) is 14.2 Å². The third-order valence-corrected chi connectivity index (χ3v) is 11.7. The predicted molar refractivity (Wildman–Crippen MR) is 262 cm³/mol. The van der Waals surface area contributed by atoms with Crippen molar-refractivity contribution in [3.8, 4) is 22.6 Å². The molecule has 1 fully saturated rings. The minimum Gasteiger partial charge on any atom is -0.493 e. The number of hydrogen-bond donors (Lipinski definition) is 1. The molecule has 1 saturated carbocycles. The smallest absolute Gasteiger partial charge is 0.163 e. The van der Waals surface area contributed by atoms with E-state index in [4.69, 9.17) is 9.47 Å². The summed E-state index contributed by atoms with van der Waals surface area (Å²) in [4.78, 5) is 12.2. The van der Waals surface area contributed by atoms with Crippen molar-refractivity contribution in [1.29, 1.82) is 0 Å². The van der Waals surface area contributed by atoms with Gasteiger partial charge in [-0.3, -0.25) is 0 Å². The summed E-state index contributed by atoms with van der Waals surface area (Å²) in [6.45, 7) is 18.0. The maximum atomic E-state index is 9.44. The first-order valence-electron chi connectivity index (χ1n) is 23.6. The molecule has 5 nitrogen and oxygen atoms in total. The zero-order valence-corrected chi connectivity index (χ0v) is 39.6. The van der Waals surface area contributed by atoms with Crippen LogP contribution in [0.5, 0.6) is 11.5 Å². The van der Waals surface area contributed by atoms with Gasteiger partial charge in [0.1, 0.15) is 5.78 Å². The molecule has 6 rings (SSSR count).